The van der Waals surface area contributed by atoms with Crippen LogP contribution in [0, 0.1) is 11.3 Å². The molecule has 1 aromatic carbocycles. The number of benzene rings is 1. The number of nitrogens with one attached hydrogen (secondary N) is 1. The third-order valence-electron chi connectivity index (χ3n) is 2.92. The predicted octanol–water partition coefficient (Wildman–Crippen LogP) is 2.80. The molecule has 1 unspecified atom stereocenters. The zero-order chi connectivity index (χ0) is 12.8. The van der Waals surface area contributed by atoms with Gasteiger partial charge in [-0.05, 0) is 30.2 Å². The molecule has 0 aliphatic rings. The first-order valence-corrected chi connectivity index (χ1v) is 5.92. The van der Waals surface area contributed by atoms with E-state index in [0.29, 0.717) is 6.54 Å². The van der Waals surface area contributed by atoms with Gasteiger partial charge in [0.1, 0.15) is 0 Å². The van der Waals surface area contributed by atoms with Gasteiger partial charge < -0.3 is 5.32 Å². The monoisotopic (exact) mass is 237 g/mol. The first-order chi connectivity index (χ1) is 8.81. The first kappa shape index (κ1) is 12.3. The molecule has 0 bridgehead atoms. The molecule has 0 aliphatic heterocycles. The Morgan fingerprint density at radius 3 is 2.83 bits per heavy atom. The highest BCUT2D eigenvalue weighted by Crippen LogP contribution is 2.12. The van der Waals surface area contributed by atoms with Crippen LogP contribution < -0.4 is 5.32 Å². The number of hydrogen-bond donors (Lipinski definition) is 1. The van der Waals surface area contributed by atoms with Crippen molar-refractivity contribution in [3.63, 3.8) is 0 Å². The number of rotatable bonds is 4. The van der Waals surface area contributed by atoms with Crippen LogP contribution in [0.25, 0.3) is 0 Å². The van der Waals surface area contributed by atoms with E-state index >= 15 is 0 Å². The summed E-state index contributed by atoms with van der Waals surface area (Å²) in [6.45, 7) is 2.77. The van der Waals surface area contributed by atoms with Gasteiger partial charge in [0.25, 0.3) is 0 Å². The van der Waals surface area contributed by atoms with Crippen molar-refractivity contribution in [2.75, 3.05) is 0 Å². The molecule has 2 aromatic rings. The van der Waals surface area contributed by atoms with Crippen molar-refractivity contribution in [3.05, 3.63) is 65.5 Å². The van der Waals surface area contributed by atoms with Gasteiger partial charge in [0.2, 0.25) is 0 Å². The van der Waals surface area contributed by atoms with E-state index in [1.807, 2.05) is 42.6 Å². The lowest BCUT2D eigenvalue weighted by Crippen LogP contribution is -2.18. The Hall–Kier alpha value is -2.18. The number of nitrogens with zero attached hydrogens (tertiary/aromatic N) is 2. The normalized spacial score (nSPS) is 11.8. The summed E-state index contributed by atoms with van der Waals surface area (Å²) in [6, 6.07) is 14.0. The summed E-state index contributed by atoms with van der Waals surface area (Å²) in [6.07, 6.45) is 3.62. The molecule has 0 saturated heterocycles. The molecule has 1 heterocycles. The van der Waals surface area contributed by atoms with Gasteiger partial charge in [-0.3, -0.25) is 4.98 Å². The summed E-state index contributed by atoms with van der Waals surface area (Å²) >= 11 is 0. The van der Waals surface area contributed by atoms with Crippen LogP contribution in [0.4, 0.5) is 0 Å². The molecule has 0 amide bonds. The third-order valence-corrected chi connectivity index (χ3v) is 2.92. The van der Waals surface area contributed by atoms with E-state index in [1.54, 1.807) is 6.20 Å². The summed E-state index contributed by atoms with van der Waals surface area (Å²) in [5.74, 6) is 0. The molecule has 18 heavy (non-hydrogen) atoms. The Balaban J connectivity index is 2.02. The fraction of sp³-hybridized carbons (Fsp3) is 0.200. The number of hydrogen-bond acceptors (Lipinski definition) is 3. The van der Waals surface area contributed by atoms with E-state index in [4.69, 9.17) is 5.26 Å². The lowest BCUT2D eigenvalue weighted by Gasteiger charge is -2.14. The van der Waals surface area contributed by atoms with Gasteiger partial charge in [0.05, 0.1) is 11.6 Å². The van der Waals surface area contributed by atoms with Crippen LogP contribution in [0.1, 0.15) is 29.7 Å². The topological polar surface area (TPSA) is 48.7 Å². The summed E-state index contributed by atoms with van der Waals surface area (Å²) in [5, 5.41) is 12.4. The van der Waals surface area contributed by atoms with Gasteiger partial charge >= 0.3 is 0 Å². The van der Waals surface area contributed by atoms with Crippen molar-refractivity contribution in [1.82, 2.24) is 10.3 Å². The molecule has 1 aromatic heterocycles. The Kier molecular flexibility index (Phi) is 4.06. The van der Waals surface area contributed by atoms with E-state index in [2.05, 4.69) is 23.3 Å². The molecule has 0 spiro atoms. The van der Waals surface area contributed by atoms with E-state index in [9.17, 15) is 0 Å². The summed E-state index contributed by atoms with van der Waals surface area (Å²) < 4.78 is 0. The zero-order valence-corrected chi connectivity index (χ0v) is 10.3. The van der Waals surface area contributed by atoms with E-state index in [-0.39, 0.29) is 6.04 Å². The zero-order valence-electron chi connectivity index (χ0n) is 10.3. The molecule has 0 radical (unpaired) electrons. The fourth-order valence-corrected chi connectivity index (χ4v) is 1.80. The second-order valence-corrected chi connectivity index (χ2v) is 4.16. The minimum Gasteiger partial charge on any atom is -0.306 e. The average molecular weight is 237 g/mol. The van der Waals surface area contributed by atoms with Crippen LogP contribution in [0.5, 0.6) is 0 Å². The Bertz CT molecular complexity index is 543. The Morgan fingerprint density at radius 1 is 1.28 bits per heavy atom. The number of aromatic nitrogens is 1. The molecule has 0 aliphatic carbocycles. The summed E-state index contributed by atoms with van der Waals surface area (Å²) in [5.41, 5.74) is 2.89. The van der Waals surface area contributed by atoms with Gasteiger partial charge in [-0.15, -0.1) is 0 Å². The largest absolute Gasteiger partial charge is 0.306 e. The third kappa shape index (κ3) is 2.93. The quantitative estimate of drug-likeness (QED) is 0.889. The molecule has 0 saturated carbocycles. The van der Waals surface area contributed by atoms with Crippen molar-refractivity contribution in [2.45, 2.75) is 19.5 Å². The molecular formula is C15H15N3. The van der Waals surface area contributed by atoms with Crippen molar-refractivity contribution in [3.8, 4) is 6.07 Å². The molecule has 3 heteroatoms. The molecule has 1 N–H and O–H groups in total. The Labute approximate surface area is 107 Å². The van der Waals surface area contributed by atoms with Crippen molar-refractivity contribution in [2.24, 2.45) is 0 Å². The maximum atomic E-state index is 9.01. The second kappa shape index (κ2) is 5.95. The first-order valence-electron chi connectivity index (χ1n) is 5.92. The van der Waals surface area contributed by atoms with Crippen molar-refractivity contribution in [1.29, 1.82) is 5.26 Å². The highest BCUT2D eigenvalue weighted by molar-refractivity contribution is 5.37. The van der Waals surface area contributed by atoms with Gasteiger partial charge in [-0.25, -0.2) is 0 Å². The lowest BCUT2D eigenvalue weighted by molar-refractivity contribution is 0.572. The van der Waals surface area contributed by atoms with Crippen LogP contribution in [0.2, 0.25) is 0 Å². The highest BCUT2D eigenvalue weighted by atomic mass is 14.9. The fourth-order valence-electron chi connectivity index (χ4n) is 1.80. The SMILES string of the molecule is CC(NCc1ccccc1C#N)c1cccnc1. The van der Waals surface area contributed by atoms with Gasteiger partial charge in [0.15, 0.2) is 0 Å². The maximum absolute atomic E-state index is 9.01. The highest BCUT2D eigenvalue weighted by Gasteiger charge is 2.06. The summed E-state index contributed by atoms with van der Waals surface area (Å²) in [7, 11) is 0. The molecule has 1 atom stereocenters. The van der Waals surface area contributed by atoms with Gasteiger partial charge in [-0.1, -0.05) is 24.3 Å². The van der Waals surface area contributed by atoms with Crippen molar-refractivity contribution < 1.29 is 0 Å². The minimum absolute atomic E-state index is 0.213. The van der Waals surface area contributed by atoms with Crippen molar-refractivity contribution >= 4 is 0 Å². The molecule has 2 rings (SSSR count). The Morgan fingerprint density at radius 2 is 2.11 bits per heavy atom. The summed E-state index contributed by atoms with van der Waals surface area (Å²) in [4.78, 5) is 4.10. The lowest BCUT2D eigenvalue weighted by atomic mass is 10.1. The molecule has 0 fully saturated rings. The van der Waals surface area contributed by atoms with E-state index < -0.39 is 0 Å². The van der Waals surface area contributed by atoms with Crippen LogP contribution >= 0.6 is 0 Å². The standard InChI is InChI=1S/C15H15N3/c1-12(14-7-4-8-17-10-14)18-11-15-6-3-2-5-13(15)9-16/h2-8,10,12,18H,11H2,1H3. The van der Waals surface area contributed by atoms with Gasteiger partial charge in [0, 0.05) is 25.0 Å². The second-order valence-electron chi connectivity index (χ2n) is 4.16. The number of nitriles is 1. The predicted molar refractivity (Wildman–Crippen MR) is 70.6 cm³/mol. The average Bonchev–Trinajstić information content (AvgIpc) is 2.46. The molecule has 90 valence electrons. The maximum Gasteiger partial charge on any atom is 0.0995 e. The molecular weight excluding hydrogens is 222 g/mol. The van der Waals surface area contributed by atoms with Crippen LogP contribution in [0.15, 0.2) is 48.8 Å². The van der Waals surface area contributed by atoms with E-state index in [1.165, 1.54) is 0 Å². The molecule has 3 nitrogen and oxygen atoms in total. The van der Waals surface area contributed by atoms with Gasteiger partial charge in [-0.2, -0.15) is 5.26 Å². The van der Waals surface area contributed by atoms with Crippen LogP contribution in [-0.4, -0.2) is 4.98 Å². The van der Waals surface area contributed by atoms with E-state index in [0.717, 1.165) is 16.7 Å². The van der Waals surface area contributed by atoms with Crippen LogP contribution in [0.3, 0.4) is 0 Å². The minimum atomic E-state index is 0.213. The smallest absolute Gasteiger partial charge is 0.0995 e. The number of pyridine rings is 1. The van der Waals surface area contributed by atoms with Crippen LogP contribution in [-0.2, 0) is 6.54 Å².